The molecule has 2 aromatic heterocycles. The Morgan fingerprint density at radius 2 is 1.88 bits per heavy atom. The van der Waals surface area contributed by atoms with Gasteiger partial charge >= 0.3 is 0 Å². The lowest BCUT2D eigenvalue weighted by atomic mass is 10.3. The van der Waals surface area contributed by atoms with Crippen molar-refractivity contribution in [2.75, 3.05) is 0 Å². The first-order valence-corrected chi connectivity index (χ1v) is 5.21. The van der Waals surface area contributed by atoms with Gasteiger partial charge in [-0.25, -0.2) is 4.98 Å². The molecule has 0 N–H and O–H groups in total. The zero-order valence-corrected chi connectivity index (χ0v) is 8.96. The van der Waals surface area contributed by atoms with E-state index in [1.807, 2.05) is 37.4 Å². The number of aromatic nitrogens is 3. The van der Waals surface area contributed by atoms with Crippen LogP contribution in [-0.4, -0.2) is 14.5 Å². The monoisotopic (exact) mass is 209 g/mol. The number of rotatable bonds is 1. The Balaban J connectivity index is 2.35. The third-order valence-electron chi connectivity index (χ3n) is 2.64. The summed E-state index contributed by atoms with van der Waals surface area (Å²) in [4.78, 5) is 8.66. The van der Waals surface area contributed by atoms with Gasteiger partial charge in [-0.1, -0.05) is 18.2 Å². The quantitative estimate of drug-likeness (QED) is 0.617. The van der Waals surface area contributed by atoms with Crippen LogP contribution in [0.3, 0.4) is 0 Å². The number of hydrogen-bond donors (Lipinski definition) is 0. The number of para-hydroxylation sites is 1. The molecule has 3 heteroatoms. The predicted octanol–water partition coefficient (Wildman–Crippen LogP) is 2.73. The minimum atomic E-state index is 0.981. The number of hydrogen-bond acceptors (Lipinski definition) is 2. The SMILES string of the molecule is Cc1nc2ccncc2n1-c1ccccc1. The van der Waals surface area contributed by atoms with Crippen LogP contribution in [0.4, 0.5) is 0 Å². The maximum Gasteiger partial charge on any atom is 0.111 e. The highest BCUT2D eigenvalue weighted by molar-refractivity contribution is 5.76. The van der Waals surface area contributed by atoms with Gasteiger partial charge in [-0.15, -0.1) is 0 Å². The topological polar surface area (TPSA) is 30.7 Å². The molecule has 2 heterocycles. The molecule has 0 radical (unpaired) electrons. The van der Waals surface area contributed by atoms with Gasteiger partial charge in [-0.05, 0) is 25.1 Å². The molecule has 0 amide bonds. The molecule has 16 heavy (non-hydrogen) atoms. The number of aryl methyl sites for hydroxylation is 1. The third-order valence-corrected chi connectivity index (χ3v) is 2.64. The summed E-state index contributed by atoms with van der Waals surface area (Å²) in [5.74, 6) is 0.981. The van der Waals surface area contributed by atoms with Crippen LogP contribution in [0.2, 0.25) is 0 Å². The first-order chi connectivity index (χ1) is 7.86. The van der Waals surface area contributed by atoms with Crippen LogP contribution in [0.1, 0.15) is 5.82 Å². The Kier molecular flexibility index (Phi) is 1.96. The van der Waals surface area contributed by atoms with E-state index in [4.69, 9.17) is 0 Å². The fourth-order valence-electron chi connectivity index (χ4n) is 1.95. The molecule has 0 aliphatic heterocycles. The molecule has 3 aromatic rings. The molecule has 0 saturated heterocycles. The Labute approximate surface area is 93.4 Å². The molecule has 1 aromatic carbocycles. The first-order valence-electron chi connectivity index (χ1n) is 5.21. The third kappa shape index (κ3) is 1.29. The van der Waals surface area contributed by atoms with Crippen LogP contribution in [0.25, 0.3) is 16.7 Å². The minimum absolute atomic E-state index is 0.981. The molecule has 0 bridgehead atoms. The van der Waals surface area contributed by atoms with Crippen molar-refractivity contribution in [1.82, 2.24) is 14.5 Å². The van der Waals surface area contributed by atoms with Crippen LogP contribution in [0.15, 0.2) is 48.8 Å². The second-order valence-corrected chi connectivity index (χ2v) is 3.69. The highest BCUT2D eigenvalue weighted by Crippen LogP contribution is 2.19. The number of benzene rings is 1. The van der Waals surface area contributed by atoms with E-state index in [2.05, 4.69) is 26.7 Å². The van der Waals surface area contributed by atoms with E-state index in [9.17, 15) is 0 Å². The molecular formula is C13H11N3. The highest BCUT2D eigenvalue weighted by atomic mass is 15.1. The summed E-state index contributed by atoms with van der Waals surface area (Å²) in [5, 5.41) is 0. The lowest BCUT2D eigenvalue weighted by Gasteiger charge is -2.05. The van der Waals surface area contributed by atoms with Gasteiger partial charge in [0.05, 0.1) is 17.2 Å². The zero-order chi connectivity index (χ0) is 11.0. The Bertz CT molecular complexity index is 626. The summed E-state index contributed by atoms with van der Waals surface area (Å²) in [6, 6.07) is 12.1. The van der Waals surface area contributed by atoms with Crippen LogP contribution >= 0.6 is 0 Å². The fourth-order valence-corrected chi connectivity index (χ4v) is 1.95. The lowest BCUT2D eigenvalue weighted by molar-refractivity contribution is 0.999. The van der Waals surface area contributed by atoms with E-state index in [1.54, 1.807) is 6.20 Å². The molecule has 0 aliphatic carbocycles. The lowest BCUT2D eigenvalue weighted by Crippen LogP contribution is -1.96. The van der Waals surface area contributed by atoms with E-state index in [-0.39, 0.29) is 0 Å². The molecular weight excluding hydrogens is 198 g/mol. The van der Waals surface area contributed by atoms with Crippen molar-refractivity contribution < 1.29 is 0 Å². The number of fused-ring (bicyclic) bond motifs is 1. The van der Waals surface area contributed by atoms with Gasteiger partial charge in [0.25, 0.3) is 0 Å². The van der Waals surface area contributed by atoms with Crippen molar-refractivity contribution in [3.63, 3.8) is 0 Å². The second kappa shape index (κ2) is 3.45. The van der Waals surface area contributed by atoms with Gasteiger partial charge in [-0.3, -0.25) is 9.55 Å². The van der Waals surface area contributed by atoms with Crippen molar-refractivity contribution in [3.8, 4) is 5.69 Å². The molecule has 78 valence electrons. The van der Waals surface area contributed by atoms with Crippen molar-refractivity contribution in [2.24, 2.45) is 0 Å². The summed E-state index contributed by atoms with van der Waals surface area (Å²) in [6.07, 6.45) is 3.62. The van der Waals surface area contributed by atoms with Gasteiger partial charge in [0.2, 0.25) is 0 Å². The average molecular weight is 209 g/mol. The van der Waals surface area contributed by atoms with Crippen LogP contribution in [0, 0.1) is 6.92 Å². The van der Waals surface area contributed by atoms with Gasteiger partial charge in [-0.2, -0.15) is 0 Å². The van der Waals surface area contributed by atoms with Crippen molar-refractivity contribution in [3.05, 3.63) is 54.6 Å². The molecule has 0 spiro atoms. The minimum Gasteiger partial charge on any atom is -0.295 e. The van der Waals surface area contributed by atoms with Crippen molar-refractivity contribution >= 4 is 11.0 Å². The van der Waals surface area contributed by atoms with Crippen molar-refractivity contribution in [2.45, 2.75) is 6.92 Å². The summed E-state index contributed by atoms with van der Waals surface area (Å²) in [6.45, 7) is 2.01. The molecule has 0 unspecified atom stereocenters. The second-order valence-electron chi connectivity index (χ2n) is 3.69. The van der Waals surface area contributed by atoms with E-state index in [1.165, 1.54) is 0 Å². The normalized spacial score (nSPS) is 10.8. The largest absolute Gasteiger partial charge is 0.295 e. The maximum absolute atomic E-state index is 4.51. The van der Waals surface area contributed by atoms with E-state index in [0.717, 1.165) is 22.5 Å². The van der Waals surface area contributed by atoms with Gasteiger partial charge < -0.3 is 0 Å². The molecule has 0 fully saturated rings. The fraction of sp³-hybridized carbons (Fsp3) is 0.0769. The van der Waals surface area contributed by atoms with E-state index >= 15 is 0 Å². The Hall–Kier alpha value is -2.16. The first kappa shape index (κ1) is 9.09. The van der Waals surface area contributed by atoms with Crippen molar-refractivity contribution in [1.29, 1.82) is 0 Å². The number of imidazole rings is 1. The predicted molar refractivity (Wildman–Crippen MR) is 63.6 cm³/mol. The number of pyridine rings is 1. The van der Waals surface area contributed by atoms with Crippen LogP contribution in [0.5, 0.6) is 0 Å². The summed E-state index contributed by atoms with van der Waals surface area (Å²) >= 11 is 0. The molecule has 3 nitrogen and oxygen atoms in total. The van der Waals surface area contributed by atoms with E-state index in [0.29, 0.717) is 0 Å². The van der Waals surface area contributed by atoms with Gasteiger partial charge in [0, 0.05) is 11.9 Å². The smallest absolute Gasteiger partial charge is 0.111 e. The molecule has 3 rings (SSSR count). The summed E-state index contributed by atoms with van der Waals surface area (Å²) in [5.41, 5.74) is 3.15. The van der Waals surface area contributed by atoms with Gasteiger partial charge in [0.1, 0.15) is 5.82 Å². The van der Waals surface area contributed by atoms with Gasteiger partial charge in [0.15, 0.2) is 0 Å². The highest BCUT2D eigenvalue weighted by Gasteiger charge is 2.07. The maximum atomic E-state index is 4.51. The average Bonchev–Trinajstić information content (AvgIpc) is 2.66. The Morgan fingerprint density at radius 1 is 1.06 bits per heavy atom. The molecule has 0 aliphatic rings. The number of nitrogens with zero attached hydrogens (tertiary/aromatic N) is 3. The summed E-state index contributed by atoms with van der Waals surface area (Å²) in [7, 11) is 0. The van der Waals surface area contributed by atoms with Crippen LogP contribution < -0.4 is 0 Å². The van der Waals surface area contributed by atoms with E-state index < -0.39 is 0 Å². The molecule has 0 saturated carbocycles. The molecule has 0 atom stereocenters. The summed E-state index contributed by atoms with van der Waals surface area (Å²) < 4.78 is 2.11. The Morgan fingerprint density at radius 3 is 2.69 bits per heavy atom. The standard InChI is InChI=1S/C13H11N3/c1-10-15-12-7-8-14-9-13(12)16(10)11-5-3-2-4-6-11/h2-9H,1H3. The zero-order valence-electron chi connectivity index (χ0n) is 8.96. The van der Waals surface area contributed by atoms with Crippen LogP contribution in [-0.2, 0) is 0 Å².